The summed E-state index contributed by atoms with van der Waals surface area (Å²) in [5.41, 5.74) is 4.26. The molecule has 9 nitrogen and oxygen atoms in total. The summed E-state index contributed by atoms with van der Waals surface area (Å²) < 4.78 is 42.9. The summed E-state index contributed by atoms with van der Waals surface area (Å²) in [5, 5.41) is 1.73. The molecular formula is C15H24F3N5O4. The molecule has 0 aliphatic rings. The van der Waals surface area contributed by atoms with E-state index in [1.807, 2.05) is 13.8 Å². The zero-order chi connectivity index (χ0) is 20.8. The molecule has 0 fully saturated rings. The third-order valence-corrected chi connectivity index (χ3v) is 3.46. The number of nitrogens with zero attached hydrogens (tertiary/aromatic N) is 2. The number of rotatable bonds is 9. The van der Waals surface area contributed by atoms with E-state index in [0.717, 1.165) is 4.57 Å². The molecule has 0 aliphatic carbocycles. The van der Waals surface area contributed by atoms with Crippen molar-refractivity contribution in [2.75, 3.05) is 44.0 Å². The summed E-state index contributed by atoms with van der Waals surface area (Å²) in [5.74, 6) is -1.09. The molecule has 154 valence electrons. The number of anilines is 2. The van der Waals surface area contributed by atoms with Crippen LogP contribution in [0.2, 0.25) is 0 Å². The molecule has 4 N–H and O–H groups in total. The fraction of sp³-hybridized carbons (Fsp3) is 0.667. The van der Waals surface area contributed by atoms with Crippen LogP contribution in [-0.4, -0.2) is 55.0 Å². The molecular weight excluding hydrogens is 371 g/mol. The second-order valence-corrected chi connectivity index (χ2v) is 6.30. The Hall–Kier alpha value is -2.50. The number of H-pyrrole nitrogens is 1. The van der Waals surface area contributed by atoms with Crippen molar-refractivity contribution in [1.82, 2.24) is 14.9 Å². The van der Waals surface area contributed by atoms with Gasteiger partial charge in [0.25, 0.3) is 5.56 Å². The number of carbonyl (C=O) groups is 1. The smallest absolute Gasteiger partial charge is 0.383 e. The summed E-state index contributed by atoms with van der Waals surface area (Å²) in [7, 11) is 1.38. The lowest BCUT2D eigenvalue weighted by atomic mass is 10.2. The van der Waals surface area contributed by atoms with Crippen molar-refractivity contribution < 1.29 is 22.7 Å². The Morgan fingerprint density at radius 3 is 2.52 bits per heavy atom. The number of amides is 1. The lowest BCUT2D eigenvalue weighted by Crippen LogP contribution is -2.45. The van der Waals surface area contributed by atoms with Crippen molar-refractivity contribution in [2.45, 2.75) is 26.6 Å². The van der Waals surface area contributed by atoms with Crippen molar-refractivity contribution in [1.29, 1.82) is 0 Å². The average molecular weight is 395 g/mol. The number of aromatic nitrogens is 2. The molecule has 0 unspecified atom stereocenters. The quantitative estimate of drug-likeness (QED) is 0.537. The van der Waals surface area contributed by atoms with E-state index in [2.05, 4.69) is 4.98 Å². The first-order chi connectivity index (χ1) is 12.5. The zero-order valence-electron chi connectivity index (χ0n) is 15.4. The van der Waals surface area contributed by atoms with E-state index in [-0.39, 0.29) is 37.1 Å². The van der Waals surface area contributed by atoms with Gasteiger partial charge >= 0.3 is 11.9 Å². The molecule has 1 aromatic heterocycles. The predicted octanol–water partition coefficient (Wildman–Crippen LogP) is -0.0939. The molecule has 0 bridgehead atoms. The Morgan fingerprint density at radius 1 is 1.37 bits per heavy atom. The van der Waals surface area contributed by atoms with Crippen LogP contribution >= 0.6 is 0 Å². The molecule has 1 amide bonds. The molecule has 1 heterocycles. The van der Waals surface area contributed by atoms with Gasteiger partial charge in [-0.2, -0.15) is 13.2 Å². The van der Waals surface area contributed by atoms with E-state index in [1.54, 1.807) is 5.32 Å². The monoisotopic (exact) mass is 395 g/mol. The zero-order valence-corrected chi connectivity index (χ0v) is 15.4. The number of hydrogen-bond acceptors (Lipinski definition) is 6. The van der Waals surface area contributed by atoms with E-state index >= 15 is 0 Å². The number of alkyl halides is 3. The molecule has 0 radical (unpaired) electrons. The number of ether oxygens (including phenoxy) is 1. The Morgan fingerprint density at radius 2 is 2.00 bits per heavy atom. The number of aromatic amines is 1. The van der Waals surface area contributed by atoms with E-state index < -0.39 is 36.4 Å². The largest absolute Gasteiger partial charge is 0.405 e. The number of hydrogen-bond donors (Lipinski definition) is 3. The maximum atomic E-state index is 12.3. The highest BCUT2D eigenvalue weighted by Gasteiger charge is 2.28. The summed E-state index contributed by atoms with van der Waals surface area (Å²) in [6.07, 6.45) is -4.56. The van der Waals surface area contributed by atoms with Gasteiger partial charge in [0, 0.05) is 20.2 Å². The van der Waals surface area contributed by atoms with Gasteiger partial charge in [0.1, 0.15) is 18.1 Å². The van der Waals surface area contributed by atoms with Gasteiger partial charge < -0.3 is 20.7 Å². The maximum absolute atomic E-state index is 12.3. The van der Waals surface area contributed by atoms with Crippen molar-refractivity contribution in [3.05, 3.63) is 20.8 Å². The lowest BCUT2D eigenvalue weighted by Gasteiger charge is -2.26. The number of nitrogens with two attached hydrogens (primary N) is 1. The van der Waals surface area contributed by atoms with Crippen LogP contribution in [0, 0.1) is 5.92 Å². The van der Waals surface area contributed by atoms with E-state index in [4.69, 9.17) is 10.5 Å². The highest BCUT2D eigenvalue weighted by atomic mass is 19.4. The molecule has 27 heavy (non-hydrogen) atoms. The van der Waals surface area contributed by atoms with Crippen molar-refractivity contribution in [3.63, 3.8) is 0 Å². The fourth-order valence-corrected chi connectivity index (χ4v) is 2.33. The van der Waals surface area contributed by atoms with Gasteiger partial charge in [-0.25, -0.2) is 4.79 Å². The summed E-state index contributed by atoms with van der Waals surface area (Å²) in [6.45, 7) is 1.91. The molecule has 1 aromatic rings. The van der Waals surface area contributed by atoms with Crippen molar-refractivity contribution >= 4 is 17.4 Å². The number of halogens is 3. The van der Waals surface area contributed by atoms with Gasteiger partial charge in [-0.3, -0.25) is 19.1 Å². The predicted molar refractivity (Wildman–Crippen MR) is 93.7 cm³/mol. The Bertz CT molecular complexity index is 757. The SMILES string of the molecule is COCCN(CC(=O)NCC(F)(F)F)c1c(N)n(CC(C)C)c(=O)[nH]c1=O. The topological polar surface area (TPSA) is 122 Å². The molecule has 1 rings (SSSR count). The van der Waals surface area contributed by atoms with Crippen LogP contribution in [0.15, 0.2) is 9.59 Å². The van der Waals surface area contributed by atoms with Gasteiger partial charge in [-0.05, 0) is 5.92 Å². The first kappa shape index (κ1) is 22.5. The first-order valence-electron chi connectivity index (χ1n) is 8.16. The molecule has 0 spiro atoms. The number of nitrogens with one attached hydrogen (secondary N) is 2. The molecule has 0 saturated heterocycles. The van der Waals surface area contributed by atoms with Crippen LogP contribution in [0.3, 0.4) is 0 Å². The Balaban J connectivity index is 3.21. The average Bonchev–Trinajstić information content (AvgIpc) is 2.53. The Labute approximate surface area is 153 Å². The van der Waals surface area contributed by atoms with Crippen LogP contribution in [0.4, 0.5) is 24.7 Å². The second-order valence-electron chi connectivity index (χ2n) is 6.30. The van der Waals surface area contributed by atoms with E-state index in [1.165, 1.54) is 12.0 Å². The summed E-state index contributed by atoms with van der Waals surface area (Å²) in [6, 6.07) is 0. The van der Waals surface area contributed by atoms with Gasteiger partial charge in [-0.1, -0.05) is 13.8 Å². The Kier molecular flexibility index (Phi) is 7.88. The standard InChI is InChI=1S/C15H24F3N5O4/c1-9(2)6-23-12(19)11(13(25)21-14(23)26)22(4-5-27-3)7-10(24)20-8-15(16,17)18/h9H,4-8,19H2,1-3H3,(H,20,24)(H,21,25,26). The lowest BCUT2D eigenvalue weighted by molar-refractivity contribution is -0.137. The molecule has 0 aliphatic heterocycles. The van der Waals surface area contributed by atoms with E-state index in [9.17, 15) is 27.6 Å². The number of carbonyl (C=O) groups excluding carboxylic acids is 1. The fourth-order valence-electron chi connectivity index (χ4n) is 2.33. The van der Waals surface area contributed by atoms with Crippen LogP contribution in [0.1, 0.15) is 13.8 Å². The maximum Gasteiger partial charge on any atom is 0.405 e. The molecule has 0 atom stereocenters. The van der Waals surface area contributed by atoms with Gasteiger partial charge in [0.15, 0.2) is 0 Å². The van der Waals surface area contributed by atoms with Crippen LogP contribution < -0.4 is 27.2 Å². The first-order valence-corrected chi connectivity index (χ1v) is 8.16. The molecule has 0 aromatic carbocycles. The van der Waals surface area contributed by atoms with Gasteiger partial charge in [0.05, 0.1) is 13.2 Å². The highest BCUT2D eigenvalue weighted by molar-refractivity contribution is 5.82. The van der Waals surface area contributed by atoms with Crippen LogP contribution in [-0.2, 0) is 16.1 Å². The highest BCUT2D eigenvalue weighted by Crippen LogP contribution is 2.17. The van der Waals surface area contributed by atoms with Gasteiger partial charge in [-0.15, -0.1) is 0 Å². The third-order valence-electron chi connectivity index (χ3n) is 3.46. The number of nitrogen functional groups attached to an aromatic ring is 1. The van der Waals surface area contributed by atoms with Crippen LogP contribution in [0.5, 0.6) is 0 Å². The van der Waals surface area contributed by atoms with Crippen molar-refractivity contribution in [2.24, 2.45) is 5.92 Å². The molecule has 12 heteroatoms. The summed E-state index contributed by atoms with van der Waals surface area (Å²) >= 11 is 0. The van der Waals surface area contributed by atoms with Crippen molar-refractivity contribution in [3.8, 4) is 0 Å². The van der Waals surface area contributed by atoms with Gasteiger partial charge in [0.2, 0.25) is 5.91 Å². The minimum Gasteiger partial charge on any atom is -0.383 e. The second kappa shape index (κ2) is 9.44. The number of methoxy groups -OCH3 is 1. The third kappa shape index (κ3) is 6.96. The molecule has 0 saturated carbocycles. The normalized spacial score (nSPS) is 11.7. The van der Waals surface area contributed by atoms with E-state index in [0.29, 0.717) is 0 Å². The van der Waals surface area contributed by atoms with Crippen LogP contribution in [0.25, 0.3) is 0 Å². The minimum absolute atomic E-state index is 0.00308. The minimum atomic E-state index is -4.56. The summed E-state index contributed by atoms with van der Waals surface area (Å²) in [4.78, 5) is 39.4.